The van der Waals surface area contributed by atoms with Crippen LogP contribution in [0.3, 0.4) is 0 Å². The van der Waals surface area contributed by atoms with Gasteiger partial charge in [0.1, 0.15) is 17.3 Å². The van der Waals surface area contributed by atoms with Crippen LogP contribution in [0.15, 0.2) is 36.5 Å². The van der Waals surface area contributed by atoms with Crippen LogP contribution in [0.5, 0.6) is 0 Å². The van der Waals surface area contributed by atoms with Crippen molar-refractivity contribution in [3.05, 3.63) is 47.7 Å². The van der Waals surface area contributed by atoms with Crippen LogP contribution >= 0.6 is 0 Å². The Hall–Kier alpha value is -3.75. The summed E-state index contributed by atoms with van der Waals surface area (Å²) in [6.45, 7) is 5.55. The lowest BCUT2D eigenvalue weighted by Gasteiger charge is -2.25. The number of primary amides is 1. The third-order valence-electron chi connectivity index (χ3n) is 5.56. The van der Waals surface area contributed by atoms with Crippen LogP contribution in [0.4, 0.5) is 0 Å². The molecular formula is C24H27N5O4. The molecule has 2 amide bonds. The molecule has 9 nitrogen and oxygen atoms in total. The van der Waals surface area contributed by atoms with E-state index in [1.54, 1.807) is 37.7 Å². The number of aromatic nitrogens is 3. The van der Waals surface area contributed by atoms with Crippen molar-refractivity contribution in [3.8, 4) is 11.3 Å². The van der Waals surface area contributed by atoms with Gasteiger partial charge in [0, 0.05) is 42.7 Å². The number of carbonyl (C=O) groups is 3. The van der Waals surface area contributed by atoms with E-state index in [9.17, 15) is 14.4 Å². The third kappa shape index (κ3) is 4.44. The van der Waals surface area contributed by atoms with Crippen molar-refractivity contribution in [3.63, 3.8) is 0 Å². The van der Waals surface area contributed by atoms with Crippen LogP contribution in [0.25, 0.3) is 22.3 Å². The van der Waals surface area contributed by atoms with Gasteiger partial charge in [-0.15, -0.1) is 0 Å². The number of pyridine rings is 1. The van der Waals surface area contributed by atoms with Gasteiger partial charge in [-0.2, -0.15) is 5.10 Å². The van der Waals surface area contributed by atoms with Crippen molar-refractivity contribution in [1.82, 2.24) is 19.7 Å². The molecule has 172 valence electrons. The number of nitrogens with zero attached hydrogens (tertiary/aromatic N) is 4. The van der Waals surface area contributed by atoms with E-state index in [4.69, 9.17) is 10.5 Å². The second kappa shape index (κ2) is 8.31. The summed E-state index contributed by atoms with van der Waals surface area (Å²) in [6.07, 6.45) is 1.81. The summed E-state index contributed by atoms with van der Waals surface area (Å²) in [5.74, 6) is -1.37. The first-order valence-electron chi connectivity index (χ1n) is 10.8. The first-order chi connectivity index (χ1) is 15.5. The molecule has 2 N–H and O–H groups in total. The molecule has 1 aliphatic heterocycles. The van der Waals surface area contributed by atoms with Crippen LogP contribution in [0.1, 0.15) is 49.5 Å². The molecule has 4 rings (SSSR count). The SMILES string of the molecule is Cn1nc(-c2ccc3c(c2)CN(C(CCC(=O)OC(C)(C)C)C(N)=O)C3=O)c2cccnc21. The van der Waals surface area contributed by atoms with E-state index in [0.29, 0.717) is 5.56 Å². The summed E-state index contributed by atoms with van der Waals surface area (Å²) >= 11 is 0. The molecule has 3 aromatic rings. The molecule has 0 saturated carbocycles. The second-order valence-corrected chi connectivity index (χ2v) is 9.20. The summed E-state index contributed by atoms with van der Waals surface area (Å²) in [5, 5.41) is 5.51. The fourth-order valence-electron chi connectivity index (χ4n) is 4.15. The quantitative estimate of drug-likeness (QED) is 0.578. The molecule has 0 radical (unpaired) electrons. The maximum absolute atomic E-state index is 13.1. The van der Waals surface area contributed by atoms with Crippen LogP contribution in [-0.4, -0.2) is 49.1 Å². The molecule has 2 aromatic heterocycles. The van der Waals surface area contributed by atoms with E-state index in [-0.39, 0.29) is 25.3 Å². The fraction of sp³-hybridized carbons (Fsp3) is 0.375. The molecular weight excluding hydrogens is 422 g/mol. The van der Waals surface area contributed by atoms with Gasteiger partial charge >= 0.3 is 5.97 Å². The molecule has 3 heterocycles. The maximum Gasteiger partial charge on any atom is 0.306 e. The van der Waals surface area contributed by atoms with Crippen LogP contribution in [-0.2, 0) is 27.9 Å². The Bertz CT molecular complexity index is 1260. The van der Waals surface area contributed by atoms with Gasteiger partial charge in [-0.1, -0.05) is 6.07 Å². The van der Waals surface area contributed by atoms with Crippen LogP contribution < -0.4 is 5.73 Å². The molecule has 1 unspecified atom stereocenters. The Morgan fingerprint density at radius 3 is 2.70 bits per heavy atom. The highest BCUT2D eigenvalue weighted by molar-refractivity contribution is 6.02. The summed E-state index contributed by atoms with van der Waals surface area (Å²) < 4.78 is 7.03. The summed E-state index contributed by atoms with van der Waals surface area (Å²) in [6, 6.07) is 8.41. The lowest BCUT2D eigenvalue weighted by molar-refractivity contribution is -0.155. The Labute approximate surface area is 191 Å². The maximum atomic E-state index is 13.1. The van der Waals surface area contributed by atoms with Crippen molar-refractivity contribution < 1.29 is 19.1 Å². The Morgan fingerprint density at radius 2 is 2.00 bits per heavy atom. The third-order valence-corrected chi connectivity index (χ3v) is 5.56. The van der Waals surface area contributed by atoms with E-state index in [1.807, 2.05) is 31.3 Å². The van der Waals surface area contributed by atoms with E-state index in [1.165, 1.54) is 4.90 Å². The lowest BCUT2D eigenvalue weighted by Crippen LogP contribution is -2.45. The molecule has 0 fully saturated rings. The van der Waals surface area contributed by atoms with Crippen molar-refractivity contribution in [1.29, 1.82) is 0 Å². The number of ether oxygens (including phenoxy) is 1. The number of amides is 2. The number of benzene rings is 1. The minimum Gasteiger partial charge on any atom is -0.460 e. The average Bonchev–Trinajstić information content (AvgIpc) is 3.24. The average molecular weight is 450 g/mol. The number of aryl methyl sites for hydroxylation is 1. The monoisotopic (exact) mass is 449 g/mol. The van der Waals surface area contributed by atoms with Gasteiger partial charge in [-0.05, 0) is 57.0 Å². The summed E-state index contributed by atoms with van der Waals surface area (Å²) in [4.78, 5) is 43.1. The van der Waals surface area contributed by atoms with Gasteiger partial charge in [-0.3, -0.25) is 14.4 Å². The van der Waals surface area contributed by atoms with Gasteiger partial charge in [0.25, 0.3) is 5.91 Å². The molecule has 1 aliphatic rings. The number of nitrogens with two attached hydrogens (primary N) is 1. The van der Waals surface area contributed by atoms with Gasteiger partial charge in [0.05, 0.1) is 0 Å². The number of rotatable bonds is 6. The molecule has 33 heavy (non-hydrogen) atoms. The molecule has 0 aliphatic carbocycles. The number of esters is 1. The second-order valence-electron chi connectivity index (χ2n) is 9.20. The van der Waals surface area contributed by atoms with E-state index in [0.717, 1.165) is 27.9 Å². The minimum atomic E-state index is -0.902. The van der Waals surface area contributed by atoms with Crippen molar-refractivity contribution in [2.75, 3.05) is 0 Å². The smallest absolute Gasteiger partial charge is 0.306 e. The van der Waals surface area contributed by atoms with E-state index < -0.39 is 23.5 Å². The first kappa shape index (κ1) is 22.4. The zero-order valence-corrected chi connectivity index (χ0v) is 19.2. The predicted molar refractivity (Wildman–Crippen MR) is 122 cm³/mol. The molecule has 0 saturated heterocycles. The lowest BCUT2D eigenvalue weighted by atomic mass is 10.0. The highest BCUT2D eigenvalue weighted by Crippen LogP contribution is 2.32. The number of carbonyl (C=O) groups excluding carboxylic acids is 3. The minimum absolute atomic E-state index is 0.0107. The summed E-state index contributed by atoms with van der Waals surface area (Å²) in [7, 11) is 1.83. The number of hydrogen-bond donors (Lipinski definition) is 1. The first-order valence-corrected chi connectivity index (χ1v) is 10.8. The van der Waals surface area contributed by atoms with Gasteiger partial charge < -0.3 is 15.4 Å². The molecule has 0 spiro atoms. The van der Waals surface area contributed by atoms with Crippen molar-refractivity contribution >= 4 is 28.8 Å². The van der Waals surface area contributed by atoms with Gasteiger partial charge in [0.15, 0.2) is 5.65 Å². The fourth-order valence-corrected chi connectivity index (χ4v) is 4.15. The van der Waals surface area contributed by atoms with E-state index >= 15 is 0 Å². The molecule has 1 aromatic carbocycles. The Kier molecular flexibility index (Phi) is 5.65. The van der Waals surface area contributed by atoms with Gasteiger partial charge in [-0.25, -0.2) is 9.67 Å². The number of fused-ring (bicyclic) bond motifs is 2. The highest BCUT2D eigenvalue weighted by atomic mass is 16.6. The zero-order valence-electron chi connectivity index (χ0n) is 19.2. The van der Waals surface area contributed by atoms with E-state index in [2.05, 4.69) is 10.1 Å². The standard InChI is InChI=1S/C24H27N5O4/c1-24(2,3)33-19(30)10-9-18(21(25)31)29-13-15-12-14(7-8-16(15)23(29)32)20-17-6-5-11-26-22(17)28(4)27-20/h5-8,11-12,18H,9-10,13H2,1-4H3,(H2,25,31). The number of hydrogen-bond acceptors (Lipinski definition) is 6. The van der Waals surface area contributed by atoms with Gasteiger partial charge in [0.2, 0.25) is 5.91 Å². The molecule has 9 heteroatoms. The normalized spacial score (nSPS) is 14.4. The predicted octanol–water partition coefficient (Wildman–Crippen LogP) is 2.57. The van der Waals surface area contributed by atoms with Crippen LogP contribution in [0.2, 0.25) is 0 Å². The largest absolute Gasteiger partial charge is 0.460 e. The van der Waals surface area contributed by atoms with Crippen molar-refractivity contribution in [2.45, 2.75) is 51.8 Å². The Balaban J connectivity index is 1.57. The zero-order chi connectivity index (χ0) is 23.9. The van der Waals surface area contributed by atoms with Crippen molar-refractivity contribution in [2.24, 2.45) is 12.8 Å². The Morgan fingerprint density at radius 1 is 1.24 bits per heavy atom. The summed E-state index contributed by atoms with van der Waals surface area (Å²) in [5.41, 5.74) is 8.67. The topological polar surface area (TPSA) is 120 Å². The van der Waals surface area contributed by atoms with Crippen LogP contribution in [0, 0.1) is 0 Å². The molecule has 1 atom stereocenters. The molecule has 0 bridgehead atoms. The highest BCUT2D eigenvalue weighted by Gasteiger charge is 2.36.